The normalized spacial score (nSPS) is 14.3. The summed E-state index contributed by atoms with van der Waals surface area (Å²) in [5, 5.41) is 15.7. The highest BCUT2D eigenvalue weighted by atomic mass is 16.4. The van der Waals surface area contributed by atoms with Crippen molar-refractivity contribution in [2.45, 2.75) is 45.3 Å². The molecule has 4 rings (SSSR count). The van der Waals surface area contributed by atoms with Crippen molar-refractivity contribution in [3.05, 3.63) is 95.6 Å². The molecule has 0 bridgehead atoms. The van der Waals surface area contributed by atoms with Gasteiger partial charge in [0.15, 0.2) is 0 Å². The van der Waals surface area contributed by atoms with Gasteiger partial charge in [-0.25, -0.2) is 0 Å². The van der Waals surface area contributed by atoms with Gasteiger partial charge in [0, 0.05) is 13.1 Å². The van der Waals surface area contributed by atoms with Crippen LogP contribution in [0.2, 0.25) is 0 Å². The largest absolute Gasteiger partial charge is 0.480 e. The topological polar surface area (TPSA) is 116 Å². The zero-order chi connectivity index (χ0) is 27.9. The molecule has 0 radical (unpaired) electrons. The van der Waals surface area contributed by atoms with Crippen LogP contribution in [0.4, 0.5) is 0 Å². The van der Waals surface area contributed by atoms with E-state index in [1.165, 1.54) is 0 Å². The number of carbonyl (C=O) groups is 4. The molecule has 202 valence electrons. The summed E-state index contributed by atoms with van der Waals surface area (Å²) in [6, 6.07) is 22.3. The predicted octanol–water partition coefficient (Wildman–Crippen LogP) is 4.11. The fraction of sp³-hybridized carbons (Fsp3) is 0.290. The number of nitrogens with zero attached hydrogens (tertiary/aromatic N) is 1. The molecule has 3 aromatic rings. The van der Waals surface area contributed by atoms with E-state index in [1.54, 1.807) is 18.2 Å². The van der Waals surface area contributed by atoms with E-state index < -0.39 is 29.9 Å². The maximum absolute atomic E-state index is 13.1. The van der Waals surface area contributed by atoms with Gasteiger partial charge in [-0.2, -0.15) is 0 Å². The van der Waals surface area contributed by atoms with Crippen molar-refractivity contribution >= 4 is 23.7 Å². The van der Waals surface area contributed by atoms with Crippen molar-refractivity contribution in [1.82, 2.24) is 15.5 Å². The van der Waals surface area contributed by atoms with Crippen LogP contribution < -0.4 is 10.6 Å². The molecular formula is C31H33N3O5. The van der Waals surface area contributed by atoms with E-state index in [1.807, 2.05) is 74.5 Å². The number of fused-ring (bicyclic) bond motifs is 1. The van der Waals surface area contributed by atoms with E-state index >= 15 is 0 Å². The number of carboxylic acids is 1. The highest BCUT2D eigenvalue weighted by Gasteiger charge is 2.37. The predicted molar refractivity (Wildman–Crippen MR) is 148 cm³/mol. The lowest BCUT2D eigenvalue weighted by Crippen LogP contribution is -2.52. The quantitative estimate of drug-likeness (QED) is 0.305. The Morgan fingerprint density at radius 1 is 0.821 bits per heavy atom. The molecule has 8 nitrogen and oxygen atoms in total. The summed E-state index contributed by atoms with van der Waals surface area (Å²) in [7, 11) is 0. The minimum Gasteiger partial charge on any atom is -0.480 e. The van der Waals surface area contributed by atoms with E-state index in [-0.39, 0.29) is 24.8 Å². The Hall–Kier alpha value is -4.30. The molecule has 1 unspecified atom stereocenters. The monoisotopic (exact) mass is 527 g/mol. The van der Waals surface area contributed by atoms with Gasteiger partial charge in [0.1, 0.15) is 6.04 Å². The number of carbonyl (C=O) groups excluding carboxylic acids is 3. The number of imide groups is 1. The van der Waals surface area contributed by atoms with Crippen LogP contribution in [-0.2, 0) is 16.1 Å². The van der Waals surface area contributed by atoms with E-state index in [2.05, 4.69) is 10.6 Å². The summed E-state index contributed by atoms with van der Waals surface area (Å²) >= 11 is 0. The number of nitrogens with one attached hydrogen (secondary N) is 2. The van der Waals surface area contributed by atoms with E-state index in [0.717, 1.165) is 21.6 Å². The number of rotatable bonds is 12. The number of carboxylic acid groups (broad SMARTS) is 1. The summed E-state index contributed by atoms with van der Waals surface area (Å²) in [6.45, 7) is 4.15. The van der Waals surface area contributed by atoms with Crippen LogP contribution in [0.1, 0.15) is 53.0 Å². The van der Waals surface area contributed by atoms with Crippen LogP contribution in [0, 0.1) is 5.92 Å². The average molecular weight is 528 g/mol. The molecule has 0 aliphatic carbocycles. The second-order valence-corrected chi connectivity index (χ2v) is 10.1. The third-order valence-electron chi connectivity index (χ3n) is 6.75. The van der Waals surface area contributed by atoms with Gasteiger partial charge in [0.2, 0.25) is 5.91 Å². The van der Waals surface area contributed by atoms with Crippen molar-refractivity contribution in [3.63, 3.8) is 0 Å². The van der Waals surface area contributed by atoms with Gasteiger partial charge in [0.25, 0.3) is 11.8 Å². The first-order valence-corrected chi connectivity index (χ1v) is 13.1. The summed E-state index contributed by atoms with van der Waals surface area (Å²) in [4.78, 5) is 52.4. The lowest BCUT2D eigenvalue weighted by atomic mass is 10.0. The SMILES string of the molecule is CC(C)C[C@@H](NC(CCN1C(=O)c2ccc(-c3ccccc3)cc2C1=O)C(=O)O)C(=O)NCc1ccccc1. The standard InChI is InChI=1S/C31H33N3O5/c1-20(2)17-27(28(35)32-19-21-9-5-3-6-10-21)33-26(31(38)39)15-16-34-29(36)24-14-13-23(18-25(24)30(34)37)22-11-7-4-8-12-22/h3-14,18,20,26-27,33H,15-17,19H2,1-2H3,(H,32,35)(H,38,39)/t26?,27-/m1/s1. The van der Waals surface area contributed by atoms with Crippen molar-refractivity contribution < 1.29 is 24.3 Å². The fourth-order valence-corrected chi connectivity index (χ4v) is 4.71. The molecule has 1 aliphatic rings. The Labute approximate surface area is 228 Å². The highest BCUT2D eigenvalue weighted by Crippen LogP contribution is 2.28. The van der Waals surface area contributed by atoms with E-state index in [0.29, 0.717) is 24.1 Å². The summed E-state index contributed by atoms with van der Waals surface area (Å²) in [5.74, 6) is -2.21. The molecule has 0 saturated heterocycles. The molecule has 1 aliphatic heterocycles. The number of hydrogen-bond donors (Lipinski definition) is 3. The second kappa shape index (κ2) is 12.5. The molecular weight excluding hydrogens is 494 g/mol. The Morgan fingerprint density at radius 2 is 1.46 bits per heavy atom. The van der Waals surface area contributed by atoms with Gasteiger partial charge in [-0.15, -0.1) is 0 Å². The minimum absolute atomic E-state index is 0.0348. The third-order valence-corrected chi connectivity index (χ3v) is 6.75. The molecule has 0 spiro atoms. The first-order chi connectivity index (χ1) is 18.7. The van der Waals surface area contributed by atoms with Crippen molar-refractivity contribution in [3.8, 4) is 11.1 Å². The number of benzene rings is 3. The smallest absolute Gasteiger partial charge is 0.320 e. The Kier molecular flexibility index (Phi) is 8.88. The third kappa shape index (κ3) is 6.78. The number of amides is 3. The maximum atomic E-state index is 13.1. The van der Waals surface area contributed by atoms with Gasteiger partial charge in [-0.1, -0.05) is 80.6 Å². The van der Waals surface area contributed by atoms with Gasteiger partial charge >= 0.3 is 5.97 Å². The van der Waals surface area contributed by atoms with E-state index in [9.17, 15) is 24.3 Å². The van der Waals surface area contributed by atoms with Gasteiger partial charge in [0.05, 0.1) is 17.2 Å². The first kappa shape index (κ1) is 27.7. The van der Waals surface area contributed by atoms with Crippen molar-refractivity contribution in [1.29, 1.82) is 0 Å². The molecule has 8 heteroatoms. The number of hydrogen-bond acceptors (Lipinski definition) is 5. The second-order valence-electron chi connectivity index (χ2n) is 10.1. The first-order valence-electron chi connectivity index (χ1n) is 13.1. The van der Waals surface area contributed by atoms with Crippen LogP contribution in [0.15, 0.2) is 78.9 Å². The molecule has 3 amide bonds. The van der Waals surface area contributed by atoms with E-state index in [4.69, 9.17) is 0 Å². The van der Waals surface area contributed by atoms with Crippen molar-refractivity contribution in [2.24, 2.45) is 5.92 Å². The summed E-state index contributed by atoms with van der Waals surface area (Å²) in [6.07, 6.45) is 0.395. The molecule has 3 N–H and O–H groups in total. The van der Waals surface area contributed by atoms with Crippen LogP contribution in [0.3, 0.4) is 0 Å². The maximum Gasteiger partial charge on any atom is 0.320 e. The molecule has 2 atom stereocenters. The molecule has 3 aromatic carbocycles. The zero-order valence-corrected chi connectivity index (χ0v) is 22.1. The van der Waals surface area contributed by atoms with Gasteiger partial charge in [-0.3, -0.25) is 29.4 Å². The molecule has 39 heavy (non-hydrogen) atoms. The van der Waals surface area contributed by atoms with Gasteiger partial charge in [-0.05, 0) is 47.6 Å². The lowest BCUT2D eigenvalue weighted by Gasteiger charge is -2.25. The Balaban J connectivity index is 1.42. The molecule has 1 heterocycles. The van der Waals surface area contributed by atoms with Crippen molar-refractivity contribution in [2.75, 3.05) is 6.54 Å². The van der Waals surface area contributed by atoms with Crippen LogP contribution in [-0.4, -0.2) is 52.3 Å². The summed E-state index contributed by atoms with van der Waals surface area (Å²) < 4.78 is 0. The van der Waals surface area contributed by atoms with Crippen LogP contribution in [0.5, 0.6) is 0 Å². The van der Waals surface area contributed by atoms with Gasteiger partial charge < -0.3 is 10.4 Å². The summed E-state index contributed by atoms with van der Waals surface area (Å²) in [5.41, 5.74) is 3.29. The highest BCUT2D eigenvalue weighted by molar-refractivity contribution is 6.21. The lowest BCUT2D eigenvalue weighted by molar-refractivity contribution is -0.140. The molecule has 0 saturated carbocycles. The van der Waals surface area contributed by atoms with Crippen LogP contribution in [0.25, 0.3) is 11.1 Å². The Morgan fingerprint density at radius 3 is 2.10 bits per heavy atom. The Bertz CT molecular complexity index is 1340. The number of aliphatic carboxylic acids is 1. The molecule has 0 aromatic heterocycles. The zero-order valence-electron chi connectivity index (χ0n) is 22.1. The fourth-order valence-electron chi connectivity index (χ4n) is 4.71. The molecule has 0 fully saturated rings. The average Bonchev–Trinajstić information content (AvgIpc) is 3.18. The minimum atomic E-state index is -1.15. The van der Waals surface area contributed by atoms with Crippen LogP contribution >= 0.6 is 0 Å².